The molecule has 1 aliphatic carbocycles. The van der Waals surface area contributed by atoms with Gasteiger partial charge in [-0.3, -0.25) is 0 Å². The number of anilines is 3. The first kappa shape index (κ1) is 25.9. The van der Waals surface area contributed by atoms with Gasteiger partial charge in [-0.2, -0.15) is 0 Å². The summed E-state index contributed by atoms with van der Waals surface area (Å²) in [7, 11) is 0. The van der Waals surface area contributed by atoms with Crippen LogP contribution in [0.4, 0.5) is 17.1 Å². The van der Waals surface area contributed by atoms with Crippen molar-refractivity contribution in [1.29, 1.82) is 0 Å². The van der Waals surface area contributed by atoms with E-state index in [1.165, 1.54) is 44.5 Å². The summed E-state index contributed by atoms with van der Waals surface area (Å²) in [6.07, 6.45) is 0. The summed E-state index contributed by atoms with van der Waals surface area (Å²) in [5, 5.41) is 4.64. The minimum absolute atomic E-state index is 0.0944. The van der Waals surface area contributed by atoms with E-state index in [1.54, 1.807) is 0 Å². The van der Waals surface area contributed by atoms with Crippen molar-refractivity contribution in [2.75, 3.05) is 4.90 Å². The Morgan fingerprint density at radius 2 is 1.20 bits per heavy atom. The Kier molecular flexibility index (Phi) is 5.58. The van der Waals surface area contributed by atoms with Gasteiger partial charge < -0.3 is 9.32 Å². The molecule has 0 bridgehead atoms. The second-order valence-electron chi connectivity index (χ2n) is 12.6. The van der Waals surface area contributed by atoms with Crippen molar-refractivity contribution in [2.24, 2.45) is 0 Å². The van der Waals surface area contributed by atoms with Gasteiger partial charge in [0.1, 0.15) is 11.2 Å². The quantitative estimate of drug-likeness (QED) is 0.207. The van der Waals surface area contributed by atoms with Crippen LogP contribution in [0.5, 0.6) is 0 Å². The van der Waals surface area contributed by atoms with Crippen molar-refractivity contribution in [3.05, 3.63) is 163 Å². The highest BCUT2D eigenvalue weighted by atomic mass is 16.3. The molecule has 0 spiro atoms. The third-order valence-electron chi connectivity index (χ3n) is 9.63. The van der Waals surface area contributed by atoms with Gasteiger partial charge >= 0.3 is 0 Å². The number of hydrogen-bond donors (Lipinski definition) is 0. The maximum Gasteiger partial charge on any atom is 0.136 e. The SMILES string of the molecule is CC1(C)c2ccccc2-c2c(N(c3ccc4cc5c(cc4c3)oc3ccccc35)c3ccccc3-c3ccccc3)cccc21. The van der Waals surface area contributed by atoms with Crippen molar-refractivity contribution in [2.45, 2.75) is 19.3 Å². The number of rotatable bonds is 4. The Hall–Kier alpha value is -5.60. The molecule has 0 amide bonds. The lowest BCUT2D eigenvalue weighted by Gasteiger charge is -2.30. The van der Waals surface area contributed by atoms with Gasteiger partial charge in [-0.05, 0) is 75.5 Å². The van der Waals surface area contributed by atoms with Gasteiger partial charge in [-0.25, -0.2) is 0 Å². The molecule has 0 atom stereocenters. The zero-order chi connectivity index (χ0) is 30.1. The lowest BCUT2D eigenvalue weighted by atomic mass is 9.82. The maximum atomic E-state index is 6.32. The van der Waals surface area contributed by atoms with Gasteiger partial charge in [0.25, 0.3) is 0 Å². The summed E-state index contributed by atoms with van der Waals surface area (Å²) in [5.74, 6) is 0. The van der Waals surface area contributed by atoms with E-state index in [2.05, 4.69) is 158 Å². The number of para-hydroxylation sites is 2. The molecule has 45 heavy (non-hydrogen) atoms. The maximum absolute atomic E-state index is 6.32. The lowest BCUT2D eigenvalue weighted by Crippen LogP contribution is -2.16. The fourth-order valence-corrected chi connectivity index (χ4v) is 7.45. The molecule has 1 aliphatic rings. The second kappa shape index (κ2) is 9.70. The molecule has 0 aliphatic heterocycles. The van der Waals surface area contributed by atoms with Crippen LogP contribution in [-0.2, 0) is 5.41 Å². The van der Waals surface area contributed by atoms with Crippen LogP contribution in [0.15, 0.2) is 156 Å². The highest BCUT2D eigenvalue weighted by Crippen LogP contribution is 2.55. The molecule has 0 radical (unpaired) electrons. The zero-order valence-corrected chi connectivity index (χ0v) is 25.3. The van der Waals surface area contributed by atoms with Gasteiger partial charge in [0, 0.05) is 33.0 Å². The number of hydrogen-bond acceptors (Lipinski definition) is 2. The molecule has 1 aromatic heterocycles. The minimum Gasteiger partial charge on any atom is -0.456 e. The lowest BCUT2D eigenvalue weighted by molar-refractivity contribution is 0.660. The highest BCUT2D eigenvalue weighted by Gasteiger charge is 2.37. The number of furan rings is 1. The largest absolute Gasteiger partial charge is 0.456 e. The number of fused-ring (bicyclic) bond motifs is 7. The van der Waals surface area contributed by atoms with Crippen molar-refractivity contribution < 1.29 is 4.42 Å². The van der Waals surface area contributed by atoms with Crippen molar-refractivity contribution in [1.82, 2.24) is 0 Å². The average molecular weight is 578 g/mol. The monoisotopic (exact) mass is 577 g/mol. The van der Waals surface area contributed by atoms with Gasteiger partial charge in [0.15, 0.2) is 0 Å². The van der Waals surface area contributed by atoms with E-state index in [4.69, 9.17) is 4.42 Å². The predicted molar refractivity (Wildman–Crippen MR) is 189 cm³/mol. The third kappa shape index (κ3) is 3.89. The van der Waals surface area contributed by atoms with Gasteiger partial charge in [0.05, 0.1) is 11.4 Å². The van der Waals surface area contributed by atoms with Crippen molar-refractivity contribution >= 4 is 49.8 Å². The molecule has 2 nitrogen and oxygen atoms in total. The van der Waals surface area contributed by atoms with Crippen LogP contribution in [0.2, 0.25) is 0 Å². The van der Waals surface area contributed by atoms with Crippen LogP contribution >= 0.6 is 0 Å². The molecule has 0 N–H and O–H groups in total. The molecule has 214 valence electrons. The van der Waals surface area contributed by atoms with Crippen LogP contribution in [0.25, 0.3) is 55.0 Å². The molecular formula is C43H31NO. The fourth-order valence-electron chi connectivity index (χ4n) is 7.45. The molecular weight excluding hydrogens is 546 g/mol. The van der Waals surface area contributed by atoms with Crippen molar-refractivity contribution in [3.63, 3.8) is 0 Å². The summed E-state index contributed by atoms with van der Waals surface area (Å²) < 4.78 is 6.32. The van der Waals surface area contributed by atoms with Gasteiger partial charge in [0.2, 0.25) is 0 Å². The van der Waals surface area contributed by atoms with E-state index >= 15 is 0 Å². The van der Waals surface area contributed by atoms with E-state index in [9.17, 15) is 0 Å². The average Bonchev–Trinajstić information content (AvgIpc) is 3.56. The standard InChI is InChI=1S/C43H31NO/c1-43(2)36-18-9-6-17-34(36)42-37(43)19-12-21-39(42)44(38-20-10-7-15-32(38)28-13-4-3-5-14-28)31-24-23-29-26-35-33-16-8-11-22-40(33)45-41(35)27-30(29)25-31/h3-27H,1-2H3. The Morgan fingerprint density at radius 1 is 0.489 bits per heavy atom. The first-order valence-corrected chi connectivity index (χ1v) is 15.6. The topological polar surface area (TPSA) is 16.4 Å². The Bertz CT molecular complexity index is 2410. The summed E-state index contributed by atoms with van der Waals surface area (Å²) >= 11 is 0. The summed E-state index contributed by atoms with van der Waals surface area (Å²) in [6, 6.07) is 54.8. The van der Waals surface area contributed by atoms with Crippen molar-refractivity contribution in [3.8, 4) is 22.3 Å². The molecule has 9 rings (SSSR count). The molecule has 7 aromatic carbocycles. The van der Waals surface area contributed by atoms with Crippen LogP contribution in [0.1, 0.15) is 25.0 Å². The third-order valence-corrected chi connectivity index (χ3v) is 9.63. The summed E-state index contributed by atoms with van der Waals surface area (Å²) in [6.45, 7) is 4.69. The summed E-state index contributed by atoms with van der Waals surface area (Å²) in [5.41, 5.74) is 12.9. The number of nitrogens with zero attached hydrogens (tertiary/aromatic N) is 1. The Labute approximate surface area is 262 Å². The first-order chi connectivity index (χ1) is 22.1. The summed E-state index contributed by atoms with van der Waals surface area (Å²) in [4.78, 5) is 2.46. The second-order valence-corrected chi connectivity index (χ2v) is 12.6. The highest BCUT2D eigenvalue weighted by molar-refractivity contribution is 6.10. The van der Waals surface area contributed by atoms with Gasteiger partial charge in [-0.1, -0.05) is 123 Å². The molecule has 0 saturated heterocycles. The van der Waals surface area contributed by atoms with Gasteiger partial charge in [-0.15, -0.1) is 0 Å². The van der Waals surface area contributed by atoms with E-state index in [1.807, 2.05) is 12.1 Å². The predicted octanol–water partition coefficient (Wildman–Crippen LogP) is 12.2. The zero-order valence-electron chi connectivity index (χ0n) is 25.3. The molecule has 1 heterocycles. The molecule has 0 saturated carbocycles. The molecule has 2 heteroatoms. The van der Waals surface area contributed by atoms with E-state index in [0.717, 1.165) is 38.7 Å². The minimum atomic E-state index is -0.0944. The first-order valence-electron chi connectivity index (χ1n) is 15.6. The molecule has 0 fully saturated rings. The normalized spacial score (nSPS) is 13.3. The smallest absolute Gasteiger partial charge is 0.136 e. The van der Waals surface area contributed by atoms with E-state index in [-0.39, 0.29) is 5.41 Å². The van der Waals surface area contributed by atoms with E-state index in [0.29, 0.717) is 0 Å². The van der Waals surface area contributed by atoms with Crippen LogP contribution in [0, 0.1) is 0 Å². The fraction of sp³-hybridized carbons (Fsp3) is 0.0698. The Morgan fingerprint density at radius 3 is 2.09 bits per heavy atom. The molecule has 0 unspecified atom stereocenters. The Balaban J connectivity index is 1.33. The van der Waals surface area contributed by atoms with Crippen LogP contribution in [-0.4, -0.2) is 0 Å². The van der Waals surface area contributed by atoms with E-state index < -0.39 is 0 Å². The van der Waals surface area contributed by atoms with Crippen LogP contribution in [0.3, 0.4) is 0 Å². The number of benzene rings is 7. The van der Waals surface area contributed by atoms with Crippen LogP contribution < -0.4 is 4.90 Å². The molecule has 8 aromatic rings.